The van der Waals surface area contributed by atoms with Crippen LogP contribution in [0.5, 0.6) is 0 Å². The largest absolute Gasteiger partial charge is 0.457 e. The molecule has 0 radical (unpaired) electrons. The molecular weight excluding hydrogens is 534 g/mol. The number of aryl methyl sites for hydroxylation is 1. The van der Waals surface area contributed by atoms with E-state index in [4.69, 9.17) is 14.2 Å². The van der Waals surface area contributed by atoms with Gasteiger partial charge in [0.25, 0.3) is 5.91 Å². The van der Waals surface area contributed by atoms with Crippen LogP contribution in [0.25, 0.3) is 22.5 Å². The second kappa shape index (κ2) is 11.9. The predicted molar refractivity (Wildman–Crippen MR) is 158 cm³/mol. The van der Waals surface area contributed by atoms with E-state index in [0.717, 1.165) is 46.1 Å². The molecule has 0 spiro atoms. The SMILES string of the molecule is Cc1onc(-c2ccccc2)c1-c1csc(C2CCN(C(=O)c3ccccc3COC(=O)c3ccccc3)CC2)n1. The van der Waals surface area contributed by atoms with Gasteiger partial charge in [-0.15, -0.1) is 11.3 Å². The van der Waals surface area contributed by atoms with Gasteiger partial charge in [-0.1, -0.05) is 71.9 Å². The molecule has 5 aromatic rings. The van der Waals surface area contributed by atoms with Gasteiger partial charge < -0.3 is 14.2 Å². The van der Waals surface area contributed by atoms with E-state index >= 15 is 0 Å². The maximum Gasteiger partial charge on any atom is 0.338 e. The van der Waals surface area contributed by atoms with Crippen molar-refractivity contribution in [3.63, 3.8) is 0 Å². The lowest BCUT2D eigenvalue weighted by Crippen LogP contribution is -2.38. The summed E-state index contributed by atoms with van der Waals surface area (Å²) in [5.74, 6) is 0.574. The number of hydrogen-bond acceptors (Lipinski definition) is 7. The Bertz CT molecular complexity index is 1650. The van der Waals surface area contributed by atoms with Crippen LogP contribution >= 0.6 is 11.3 Å². The van der Waals surface area contributed by atoms with Crippen LogP contribution in [0.1, 0.15) is 55.8 Å². The second-order valence-corrected chi connectivity index (χ2v) is 11.0. The molecule has 3 heterocycles. The molecule has 0 bridgehead atoms. The number of esters is 1. The average Bonchev–Trinajstić information content (AvgIpc) is 3.67. The second-order valence-electron chi connectivity index (χ2n) is 10.1. The third-order valence-corrected chi connectivity index (χ3v) is 8.44. The third kappa shape index (κ3) is 5.69. The van der Waals surface area contributed by atoms with E-state index in [0.29, 0.717) is 29.8 Å². The van der Waals surface area contributed by atoms with Gasteiger partial charge in [0.2, 0.25) is 0 Å². The lowest BCUT2D eigenvalue weighted by Gasteiger charge is -2.31. The first-order chi connectivity index (χ1) is 20.1. The number of piperidine rings is 1. The van der Waals surface area contributed by atoms with Crippen LogP contribution in [-0.4, -0.2) is 40.0 Å². The summed E-state index contributed by atoms with van der Waals surface area (Å²) < 4.78 is 11.1. The minimum Gasteiger partial charge on any atom is -0.457 e. The monoisotopic (exact) mass is 563 g/mol. The summed E-state index contributed by atoms with van der Waals surface area (Å²) in [6.45, 7) is 3.23. The molecule has 6 rings (SSSR count). The molecular formula is C33H29N3O4S. The number of likely N-dealkylation sites (tertiary alicyclic amines) is 1. The van der Waals surface area contributed by atoms with E-state index < -0.39 is 5.97 Å². The summed E-state index contributed by atoms with van der Waals surface area (Å²) in [6.07, 6.45) is 1.66. The van der Waals surface area contributed by atoms with E-state index in [-0.39, 0.29) is 18.4 Å². The van der Waals surface area contributed by atoms with Crippen molar-refractivity contribution in [1.29, 1.82) is 0 Å². The topological polar surface area (TPSA) is 85.5 Å². The Labute approximate surface area is 242 Å². The Morgan fingerprint density at radius 1 is 0.951 bits per heavy atom. The van der Waals surface area contributed by atoms with E-state index in [1.165, 1.54) is 0 Å². The summed E-state index contributed by atoms with van der Waals surface area (Å²) in [6, 6.07) is 26.2. The number of nitrogens with zero attached hydrogens (tertiary/aromatic N) is 3. The number of rotatable bonds is 7. The molecule has 0 unspecified atom stereocenters. The van der Waals surface area contributed by atoms with Crippen molar-refractivity contribution in [2.24, 2.45) is 0 Å². The number of carbonyl (C=O) groups is 2. The molecule has 7 nitrogen and oxygen atoms in total. The number of aromatic nitrogens is 2. The molecule has 41 heavy (non-hydrogen) atoms. The highest BCUT2D eigenvalue weighted by molar-refractivity contribution is 7.10. The van der Waals surface area contributed by atoms with Gasteiger partial charge in [0, 0.05) is 41.1 Å². The van der Waals surface area contributed by atoms with Crippen LogP contribution in [0, 0.1) is 6.92 Å². The highest BCUT2D eigenvalue weighted by Gasteiger charge is 2.28. The zero-order chi connectivity index (χ0) is 28.2. The van der Waals surface area contributed by atoms with Crippen molar-refractivity contribution in [3.05, 3.63) is 118 Å². The van der Waals surface area contributed by atoms with Crippen LogP contribution in [-0.2, 0) is 11.3 Å². The third-order valence-electron chi connectivity index (χ3n) is 7.44. The number of ether oxygens (including phenoxy) is 1. The summed E-state index contributed by atoms with van der Waals surface area (Å²) in [5.41, 5.74) is 5.35. The van der Waals surface area contributed by atoms with Crippen molar-refractivity contribution in [3.8, 4) is 22.5 Å². The van der Waals surface area contributed by atoms with Gasteiger partial charge in [0.1, 0.15) is 18.1 Å². The molecule has 1 saturated heterocycles. The summed E-state index contributed by atoms with van der Waals surface area (Å²) >= 11 is 1.65. The van der Waals surface area contributed by atoms with Gasteiger partial charge >= 0.3 is 5.97 Å². The molecule has 1 aliphatic heterocycles. The fourth-order valence-electron chi connectivity index (χ4n) is 5.21. The van der Waals surface area contributed by atoms with Gasteiger partial charge in [-0.2, -0.15) is 0 Å². The van der Waals surface area contributed by atoms with Crippen molar-refractivity contribution in [2.45, 2.75) is 32.3 Å². The van der Waals surface area contributed by atoms with E-state index in [1.54, 1.807) is 41.7 Å². The van der Waals surface area contributed by atoms with Gasteiger partial charge in [-0.3, -0.25) is 4.79 Å². The molecule has 1 aliphatic rings. The maximum absolute atomic E-state index is 13.5. The molecule has 0 saturated carbocycles. The first kappa shape index (κ1) is 26.7. The number of thiazole rings is 1. The van der Waals surface area contributed by atoms with Crippen molar-refractivity contribution in [2.75, 3.05) is 13.1 Å². The zero-order valence-electron chi connectivity index (χ0n) is 22.7. The summed E-state index contributed by atoms with van der Waals surface area (Å²) in [4.78, 5) is 32.8. The molecule has 2 aromatic heterocycles. The molecule has 3 aromatic carbocycles. The lowest BCUT2D eigenvalue weighted by molar-refractivity contribution is 0.0467. The highest BCUT2D eigenvalue weighted by atomic mass is 32.1. The lowest BCUT2D eigenvalue weighted by atomic mass is 9.96. The standard InChI is InChI=1S/C33H29N3O4S/c1-22-29(30(35-40-22)23-10-4-2-5-11-23)28-21-41-31(34-28)24-16-18-36(19-17-24)32(37)27-15-9-8-14-26(27)20-39-33(38)25-12-6-3-7-13-25/h2-15,21,24H,16-20H2,1H3. The van der Waals surface area contributed by atoms with Gasteiger partial charge in [-0.05, 0) is 38.0 Å². The minimum atomic E-state index is -0.409. The zero-order valence-corrected chi connectivity index (χ0v) is 23.5. The molecule has 206 valence electrons. The number of carbonyl (C=O) groups excluding carboxylic acids is 2. The van der Waals surface area contributed by atoms with Crippen molar-refractivity contribution >= 4 is 23.2 Å². The van der Waals surface area contributed by atoms with Crippen LogP contribution in [0.4, 0.5) is 0 Å². The normalized spacial score (nSPS) is 13.7. The van der Waals surface area contributed by atoms with E-state index in [9.17, 15) is 9.59 Å². The van der Waals surface area contributed by atoms with Gasteiger partial charge in [0.05, 0.1) is 21.8 Å². The van der Waals surface area contributed by atoms with Crippen LogP contribution in [0.2, 0.25) is 0 Å². The summed E-state index contributed by atoms with van der Waals surface area (Å²) in [7, 11) is 0. The Morgan fingerprint density at radius 2 is 1.63 bits per heavy atom. The first-order valence-electron chi connectivity index (χ1n) is 13.7. The maximum atomic E-state index is 13.5. The molecule has 0 N–H and O–H groups in total. The smallest absolute Gasteiger partial charge is 0.338 e. The number of amides is 1. The van der Waals surface area contributed by atoms with Gasteiger partial charge in [-0.25, -0.2) is 9.78 Å². The Kier molecular flexibility index (Phi) is 7.73. The van der Waals surface area contributed by atoms with E-state index in [1.807, 2.05) is 66.4 Å². The molecule has 8 heteroatoms. The van der Waals surface area contributed by atoms with Crippen LogP contribution < -0.4 is 0 Å². The first-order valence-corrected chi connectivity index (χ1v) is 14.5. The number of benzene rings is 3. The predicted octanol–water partition coefficient (Wildman–Crippen LogP) is 7.15. The van der Waals surface area contributed by atoms with Crippen molar-refractivity contribution in [1.82, 2.24) is 15.0 Å². The minimum absolute atomic E-state index is 0.0396. The highest BCUT2D eigenvalue weighted by Crippen LogP contribution is 2.38. The summed E-state index contributed by atoms with van der Waals surface area (Å²) in [5, 5.41) is 7.45. The molecule has 0 atom stereocenters. The molecule has 1 amide bonds. The van der Waals surface area contributed by atoms with Crippen LogP contribution in [0.3, 0.4) is 0 Å². The van der Waals surface area contributed by atoms with Gasteiger partial charge in [0.15, 0.2) is 0 Å². The quantitative estimate of drug-likeness (QED) is 0.196. The average molecular weight is 564 g/mol. The number of hydrogen-bond donors (Lipinski definition) is 0. The van der Waals surface area contributed by atoms with E-state index in [2.05, 4.69) is 10.5 Å². The molecule has 0 aliphatic carbocycles. The Morgan fingerprint density at radius 3 is 2.39 bits per heavy atom. The molecule has 1 fully saturated rings. The Balaban J connectivity index is 1.11. The Hall–Kier alpha value is -4.56. The van der Waals surface area contributed by atoms with Crippen LogP contribution in [0.15, 0.2) is 94.8 Å². The van der Waals surface area contributed by atoms with Crippen molar-refractivity contribution < 1.29 is 18.8 Å². The fourth-order valence-corrected chi connectivity index (χ4v) is 6.19. The fraction of sp³-hybridized carbons (Fsp3) is 0.212.